The van der Waals surface area contributed by atoms with E-state index in [1.54, 1.807) is 6.92 Å². The Morgan fingerprint density at radius 3 is 2.37 bits per heavy atom. The first-order valence-electron chi connectivity index (χ1n) is 5.68. The molecule has 0 bridgehead atoms. The predicted octanol–water partition coefficient (Wildman–Crippen LogP) is 0.406. The zero-order valence-electron chi connectivity index (χ0n) is 10.9. The van der Waals surface area contributed by atoms with Crippen LogP contribution in [-0.2, 0) is 4.79 Å². The molecule has 1 aromatic rings. The molecule has 1 heterocycles. The van der Waals surface area contributed by atoms with E-state index >= 15 is 0 Å². The average Bonchev–Trinajstić information content (AvgIpc) is 2.27. The number of likely N-dealkylation sites (N-methyl/N-ethyl adjacent to an activating group) is 1. The summed E-state index contributed by atoms with van der Waals surface area (Å²) in [7, 11) is 0. The maximum atomic E-state index is 12.2. The third-order valence-electron chi connectivity index (χ3n) is 2.84. The van der Waals surface area contributed by atoms with Crippen LogP contribution < -0.4 is 5.56 Å². The zero-order chi connectivity index (χ0) is 14.8. The summed E-state index contributed by atoms with van der Waals surface area (Å²) in [5, 5.41) is 18.4. The molecule has 0 aliphatic heterocycles. The van der Waals surface area contributed by atoms with Gasteiger partial charge in [-0.15, -0.1) is 0 Å². The molecular weight excluding hydrogens is 252 g/mol. The Morgan fingerprint density at radius 2 is 1.95 bits per heavy atom. The van der Waals surface area contributed by atoms with Crippen LogP contribution in [0.5, 0.6) is 5.88 Å². The number of hydrogen-bond acceptors (Lipinski definition) is 4. The summed E-state index contributed by atoms with van der Waals surface area (Å²) in [6, 6.07) is 2.10. The number of carboxylic acid groups (broad SMARTS) is 1. The smallest absolute Gasteiger partial charge is 0.329 e. The van der Waals surface area contributed by atoms with Gasteiger partial charge in [0.2, 0.25) is 0 Å². The maximum absolute atomic E-state index is 12.2. The summed E-state index contributed by atoms with van der Waals surface area (Å²) in [6.07, 6.45) is 0. The van der Waals surface area contributed by atoms with E-state index in [-0.39, 0.29) is 12.1 Å². The molecule has 3 N–H and O–H groups in total. The normalized spacial score (nSPS) is 11.1. The molecule has 0 saturated heterocycles. The molecule has 0 fully saturated rings. The monoisotopic (exact) mass is 268 g/mol. The second kappa shape index (κ2) is 5.13. The van der Waals surface area contributed by atoms with Crippen LogP contribution in [0.1, 0.15) is 31.1 Å². The van der Waals surface area contributed by atoms with Gasteiger partial charge in [-0.25, -0.2) is 4.79 Å². The number of nitrogens with zero attached hydrogens (tertiary/aromatic N) is 1. The van der Waals surface area contributed by atoms with Crippen molar-refractivity contribution in [1.82, 2.24) is 9.88 Å². The average molecular weight is 268 g/mol. The van der Waals surface area contributed by atoms with E-state index < -0.39 is 28.9 Å². The van der Waals surface area contributed by atoms with Gasteiger partial charge in [0.05, 0.1) is 5.56 Å². The van der Waals surface area contributed by atoms with Crippen LogP contribution in [0.25, 0.3) is 0 Å². The number of aromatic amines is 1. The fraction of sp³-hybridized carbons (Fsp3) is 0.417. The van der Waals surface area contributed by atoms with Crippen molar-refractivity contribution in [2.45, 2.75) is 26.3 Å². The van der Waals surface area contributed by atoms with Gasteiger partial charge in [-0.2, -0.15) is 0 Å². The predicted molar refractivity (Wildman–Crippen MR) is 67.2 cm³/mol. The fourth-order valence-electron chi connectivity index (χ4n) is 1.72. The van der Waals surface area contributed by atoms with Gasteiger partial charge in [-0.1, -0.05) is 0 Å². The number of amides is 1. The molecule has 0 unspecified atom stereocenters. The van der Waals surface area contributed by atoms with E-state index in [1.165, 1.54) is 13.8 Å². The number of H-pyrrole nitrogens is 1. The first-order chi connectivity index (χ1) is 8.70. The Bertz CT molecular complexity index is 561. The lowest BCUT2D eigenvalue weighted by Crippen LogP contribution is -2.53. The second-order valence-corrected chi connectivity index (χ2v) is 4.53. The summed E-state index contributed by atoms with van der Waals surface area (Å²) < 4.78 is 0. The van der Waals surface area contributed by atoms with Crippen molar-refractivity contribution in [2.75, 3.05) is 6.54 Å². The van der Waals surface area contributed by atoms with Gasteiger partial charge < -0.3 is 15.1 Å². The number of rotatable bonds is 4. The van der Waals surface area contributed by atoms with Crippen molar-refractivity contribution in [1.29, 1.82) is 0 Å². The molecule has 0 spiro atoms. The van der Waals surface area contributed by atoms with E-state index in [0.717, 1.165) is 17.0 Å². The molecule has 0 saturated carbocycles. The molecule has 0 atom stereocenters. The zero-order valence-corrected chi connectivity index (χ0v) is 10.9. The van der Waals surface area contributed by atoms with Gasteiger partial charge in [0, 0.05) is 18.7 Å². The highest BCUT2D eigenvalue weighted by atomic mass is 16.4. The van der Waals surface area contributed by atoms with Crippen LogP contribution >= 0.6 is 0 Å². The SMILES string of the molecule is CCN(C(=O)c1cc(O)[nH]c(=O)c1)C(C)(C)C(=O)O. The molecule has 7 nitrogen and oxygen atoms in total. The molecule has 1 amide bonds. The summed E-state index contributed by atoms with van der Waals surface area (Å²) in [5.41, 5.74) is -2.10. The highest BCUT2D eigenvalue weighted by Crippen LogP contribution is 2.18. The van der Waals surface area contributed by atoms with E-state index in [9.17, 15) is 19.5 Å². The Balaban J connectivity index is 3.23. The number of aromatic hydroxyl groups is 1. The minimum Gasteiger partial charge on any atom is -0.494 e. The highest BCUT2D eigenvalue weighted by Gasteiger charge is 2.37. The molecule has 1 aromatic heterocycles. The Kier molecular flexibility index (Phi) is 3.98. The Hall–Kier alpha value is -2.31. The summed E-state index contributed by atoms with van der Waals surface area (Å²) in [6.45, 7) is 4.58. The van der Waals surface area contributed by atoms with Gasteiger partial charge >= 0.3 is 5.97 Å². The lowest BCUT2D eigenvalue weighted by molar-refractivity contribution is -0.147. The molecule has 0 aromatic carbocycles. The van der Waals surface area contributed by atoms with Crippen molar-refractivity contribution in [3.8, 4) is 5.88 Å². The van der Waals surface area contributed by atoms with E-state index in [1.807, 2.05) is 0 Å². The molecule has 0 radical (unpaired) electrons. The van der Waals surface area contributed by atoms with E-state index in [2.05, 4.69) is 4.98 Å². The highest BCUT2D eigenvalue weighted by molar-refractivity contribution is 5.97. The first-order valence-corrected chi connectivity index (χ1v) is 5.68. The maximum Gasteiger partial charge on any atom is 0.329 e. The number of aliphatic carboxylic acids is 1. The molecule has 0 aliphatic carbocycles. The molecule has 7 heteroatoms. The molecule has 19 heavy (non-hydrogen) atoms. The molecule has 1 rings (SSSR count). The summed E-state index contributed by atoms with van der Waals surface area (Å²) in [4.78, 5) is 37.8. The minimum atomic E-state index is -1.41. The number of carbonyl (C=O) groups is 2. The first kappa shape index (κ1) is 14.7. The van der Waals surface area contributed by atoms with Crippen LogP contribution in [-0.4, -0.2) is 44.1 Å². The van der Waals surface area contributed by atoms with Crippen LogP contribution in [0, 0.1) is 0 Å². The van der Waals surface area contributed by atoms with E-state index in [0.29, 0.717) is 0 Å². The Labute approximate surface area is 109 Å². The van der Waals surface area contributed by atoms with Crippen LogP contribution in [0.4, 0.5) is 0 Å². The number of carboxylic acids is 1. The van der Waals surface area contributed by atoms with Crippen molar-refractivity contribution in [3.63, 3.8) is 0 Å². The lowest BCUT2D eigenvalue weighted by atomic mass is 10.0. The van der Waals surface area contributed by atoms with Gasteiger partial charge in [-0.05, 0) is 20.8 Å². The number of hydrogen-bond donors (Lipinski definition) is 3. The van der Waals surface area contributed by atoms with Crippen LogP contribution in [0.15, 0.2) is 16.9 Å². The van der Waals surface area contributed by atoms with Gasteiger partial charge in [-0.3, -0.25) is 14.6 Å². The van der Waals surface area contributed by atoms with Crippen molar-refractivity contribution in [3.05, 3.63) is 28.0 Å². The summed E-state index contributed by atoms with van der Waals surface area (Å²) >= 11 is 0. The van der Waals surface area contributed by atoms with Gasteiger partial charge in [0.1, 0.15) is 5.54 Å². The standard InChI is InChI=1S/C12H16N2O5/c1-4-14(12(2,3)11(18)19)10(17)7-5-8(15)13-9(16)6-7/h5-6H,4H2,1-3H3,(H,18,19)(H2,13,15,16). The van der Waals surface area contributed by atoms with Crippen molar-refractivity contribution in [2.24, 2.45) is 0 Å². The van der Waals surface area contributed by atoms with Crippen LogP contribution in [0.2, 0.25) is 0 Å². The van der Waals surface area contributed by atoms with Gasteiger partial charge in [0.25, 0.3) is 11.5 Å². The van der Waals surface area contributed by atoms with Gasteiger partial charge in [0.15, 0.2) is 5.88 Å². The number of aromatic nitrogens is 1. The number of nitrogens with one attached hydrogen (secondary N) is 1. The third kappa shape index (κ3) is 2.93. The van der Waals surface area contributed by atoms with Crippen molar-refractivity contribution >= 4 is 11.9 Å². The second-order valence-electron chi connectivity index (χ2n) is 4.53. The topological polar surface area (TPSA) is 111 Å². The third-order valence-corrected chi connectivity index (χ3v) is 2.84. The molecular formula is C12H16N2O5. The van der Waals surface area contributed by atoms with E-state index in [4.69, 9.17) is 5.11 Å². The number of pyridine rings is 1. The Morgan fingerprint density at radius 1 is 1.37 bits per heavy atom. The minimum absolute atomic E-state index is 0.0579. The van der Waals surface area contributed by atoms with Crippen LogP contribution in [0.3, 0.4) is 0 Å². The molecule has 0 aliphatic rings. The largest absolute Gasteiger partial charge is 0.494 e. The van der Waals surface area contributed by atoms with Crippen molar-refractivity contribution < 1.29 is 19.8 Å². The number of carbonyl (C=O) groups excluding carboxylic acids is 1. The quantitative estimate of drug-likeness (QED) is 0.732. The summed E-state index contributed by atoms with van der Waals surface area (Å²) in [5.74, 6) is -2.23. The fourth-order valence-corrected chi connectivity index (χ4v) is 1.72. The lowest BCUT2D eigenvalue weighted by Gasteiger charge is -2.34. The molecule has 104 valence electrons.